The Kier molecular flexibility index (Phi) is 5.41. The predicted molar refractivity (Wildman–Crippen MR) is 83.7 cm³/mol. The monoisotopic (exact) mass is 337 g/mol. The lowest BCUT2D eigenvalue weighted by atomic mass is 10.2. The van der Waals surface area contributed by atoms with Crippen molar-refractivity contribution in [1.29, 1.82) is 0 Å². The van der Waals surface area contributed by atoms with E-state index in [1.54, 1.807) is 6.07 Å². The number of halogens is 2. The predicted octanol–water partition coefficient (Wildman–Crippen LogP) is 4.99. The molecule has 0 amide bonds. The standard InChI is InChI=1S/C16H17BrFNO/c1-2-10-20-13-8-6-12(7-9-13)11-19-16-14(17)4-3-5-15(16)18/h3-9,19H,2,10-11H2,1H3. The Balaban J connectivity index is 1.97. The fraction of sp³-hybridized carbons (Fsp3) is 0.250. The maximum Gasteiger partial charge on any atom is 0.147 e. The molecular weight excluding hydrogens is 321 g/mol. The van der Waals surface area contributed by atoms with Crippen LogP contribution >= 0.6 is 15.9 Å². The average molecular weight is 338 g/mol. The molecule has 0 radical (unpaired) electrons. The highest BCUT2D eigenvalue weighted by Crippen LogP contribution is 2.25. The zero-order chi connectivity index (χ0) is 14.4. The van der Waals surface area contributed by atoms with Gasteiger partial charge in [0.15, 0.2) is 0 Å². The third-order valence-electron chi connectivity index (χ3n) is 2.83. The molecule has 0 aliphatic heterocycles. The van der Waals surface area contributed by atoms with Gasteiger partial charge in [0.25, 0.3) is 0 Å². The molecular formula is C16H17BrFNO. The van der Waals surface area contributed by atoms with E-state index in [1.807, 2.05) is 30.3 Å². The van der Waals surface area contributed by atoms with Crippen molar-refractivity contribution >= 4 is 21.6 Å². The Labute approximate surface area is 127 Å². The van der Waals surface area contributed by atoms with Gasteiger partial charge < -0.3 is 10.1 Å². The molecule has 0 spiro atoms. The third kappa shape index (κ3) is 3.97. The van der Waals surface area contributed by atoms with Crippen LogP contribution in [0.3, 0.4) is 0 Å². The minimum absolute atomic E-state index is 0.262. The SMILES string of the molecule is CCCOc1ccc(CNc2c(F)cccc2Br)cc1. The van der Waals surface area contributed by atoms with Crippen LogP contribution < -0.4 is 10.1 Å². The van der Waals surface area contributed by atoms with Gasteiger partial charge in [-0.05, 0) is 52.2 Å². The van der Waals surface area contributed by atoms with Gasteiger partial charge in [0, 0.05) is 11.0 Å². The molecule has 106 valence electrons. The first-order chi connectivity index (χ1) is 9.70. The molecule has 2 rings (SSSR count). The normalized spacial score (nSPS) is 10.3. The van der Waals surface area contributed by atoms with E-state index in [0.717, 1.165) is 28.8 Å². The van der Waals surface area contributed by atoms with Gasteiger partial charge in [-0.3, -0.25) is 0 Å². The van der Waals surface area contributed by atoms with E-state index in [9.17, 15) is 4.39 Å². The second-order valence-corrected chi connectivity index (χ2v) is 5.30. The number of para-hydroxylation sites is 1. The van der Waals surface area contributed by atoms with Crippen LogP contribution in [-0.4, -0.2) is 6.61 Å². The Hall–Kier alpha value is -1.55. The van der Waals surface area contributed by atoms with Crippen molar-refractivity contribution < 1.29 is 9.13 Å². The molecule has 0 atom stereocenters. The lowest BCUT2D eigenvalue weighted by molar-refractivity contribution is 0.317. The van der Waals surface area contributed by atoms with Crippen molar-refractivity contribution in [3.63, 3.8) is 0 Å². The van der Waals surface area contributed by atoms with E-state index in [1.165, 1.54) is 6.07 Å². The summed E-state index contributed by atoms with van der Waals surface area (Å²) >= 11 is 3.34. The highest BCUT2D eigenvalue weighted by atomic mass is 79.9. The van der Waals surface area contributed by atoms with Crippen LogP contribution in [0.25, 0.3) is 0 Å². The van der Waals surface area contributed by atoms with Crippen LogP contribution in [0.2, 0.25) is 0 Å². The number of hydrogen-bond donors (Lipinski definition) is 1. The zero-order valence-corrected chi connectivity index (χ0v) is 12.9. The summed E-state index contributed by atoms with van der Waals surface area (Å²) in [6.45, 7) is 3.36. The van der Waals surface area contributed by atoms with Gasteiger partial charge in [0.05, 0.1) is 12.3 Å². The molecule has 0 saturated heterocycles. The number of nitrogens with one attached hydrogen (secondary N) is 1. The number of benzene rings is 2. The number of rotatable bonds is 6. The van der Waals surface area contributed by atoms with E-state index < -0.39 is 0 Å². The van der Waals surface area contributed by atoms with E-state index in [2.05, 4.69) is 28.2 Å². The van der Waals surface area contributed by atoms with Crippen molar-refractivity contribution in [3.8, 4) is 5.75 Å². The maximum atomic E-state index is 13.6. The summed E-state index contributed by atoms with van der Waals surface area (Å²) in [4.78, 5) is 0. The van der Waals surface area contributed by atoms with Crippen molar-refractivity contribution in [2.75, 3.05) is 11.9 Å². The van der Waals surface area contributed by atoms with Gasteiger partial charge >= 0.3 is 0 Å². The third-order valence-corrected chi connectivity index (χ3v) is 3.49. The van der Waals surface area contributed by atoms with Crippen molar-refractivity contribution in [3.05, 3.63) is 58.3 Å². The molecule has 0 heterocycles. The average Bonchev–Trinajstić information content (AvgIpc) is 2.46. The molecule has 4 heteroatoms. The largest absolute Gasteiger partial charge is 0.494 e. The van der Waals surface area contributed by atoms with Gasteiger partial charge in [-0.15, -0.1) is 0 Å². The molecule has 2 aromatic carbocycles. The fourth-order valence-electron chi connectivity index (χ4n) is 1.78. The van der Waals surface area contributed by atoms with Gasteiger partial charge in [-0.2, -0.15) is 0 Å². The van der Waals surface area contributed by atoms with Gasteiger partial charge in [-0.25, -0.2) is 4.39 Å². The van der Waals surface area contributed by atoms with Crippen LogP contribution in [-0.2, 0) is 6.54 Å². The molecule has 0 unspecified atom stereocenters. The number of ether oxygens (including phenoxy) is 1. The minimum atomic E-state index is -0.262. The van der Waals surface area contributed by atoms with Crippen LogP contribution in [0.15, 0.2) is 46.9 Å². The molecule has 20 heavy (non-hydrogen) atoms. The highest BCUT2D eigenvalue weighted by Gasteiger charge is 2.05. The second kappa shape index (κ2) is 7.29. The van der Waals surface area contributed by atoms with Crippen molar-refractivity contribution in [2.24, 2.45) is 0 Å². The Morgan fingerprint density at radius 2 is 1.90 bits per heavy atom. The van der Waals surface area contributed by atoms with E-state index in [4.69, 9.17) is 4.74 Å². The quantitative estimate of drug-likeness (QED) is 0.801. The molecule has 0 aliphatic carbocycles. The Morgan fingerprint density at radius 1 is 1.15 bits per heavy atom. The molecule has 1 N–H and O–H groups in total. The van der Waals surface area contributed by atoms with E-state index >= 15 is 0 Å². The smallest absolute Gasteiger partial charge is 0.147 e. The molecule has 0 aromatic heterocycles. The van der Waals surface area contributed by atoms with Crippen LogP contribution in [0, 0.1) is 5.82 Å². The molecule has 2 aromatic rings. The highest BCUT2D eigenvalue weighted by molar-refractivity contribution is 9.10. The maximum absolute atomic E-state index is 13.6. The van der Waals surface area contributed by atoms with E-state index in [-0.39, 0.29) is 5.82 Å². The van der Waals surface area contributed by atoms with Gasteiger partial charge in [0.2, 0.25) is 0 Å². The summed E-state index contributed by atoms with van der Waals surface area (Å²) in [6, 6.07) is 12.7. The number of hydrogen-bond acceptors (Lipinski definition) is 2. The zero-order valence-electron chi connectivity index (χ0n) is 11.3. The fourth-order valence-corrected chi connectivity index (χ4v) is 2.26. The first-order valence-electron chi connectivity index (χ1n) is 6.60. The first-order valence-corrected chi connectivity index (χ1v) is 7.39. The van der Waals surface area contributed by atoms with Crippen LogP contribution in [0.4, 0.5) is 10.1 Å². The van der Waals surface area contributed by atoms with Gasteiger partial charge in [-0.1, -0.05) is 25.1 Å². The summed E-state index contributed by atoms with van der Waals surface area (Å²) < 4.78 is 19.9. The van der Waals surface area contributed by atoms with Crippen molar-refractivity contribution in [1.82, 2.24) is 0 Å². The summed E-state index contributed by atoms with van der Waals surface area (Å²) in [5.74, 6) is 0.602. The topological polar surface area (TPSA) is 21.3 Å². The van der Waals surface area contributed by atoms with E-state index in [0.29, 0.717) is 12.2 Å². The molecule has 0 aliphatic rings. The summed E-state index contributed by atoms with van der Waals surface area (Å²) in [6.07, 6.45) is 0.991. The summed E-state index contributed by atoms with van der Waals surface area (Å²) in [5.41, 5.74) is 1.56. The summed E-state index contributed by atoms with van der Waals surface area (Å²) in [5, 5.41) is 3.10. The molecule has 0 saturated carbocycles. The molecule has 2 nitrogen and oxygen atoms in total. The van der Waals surface area contributed by atoms with Gasteiger partial charge in [0.1, 0.15) is 11.6 Å². The Morgan fingerprint density at radius 3 is 2.55 bits per heavy atom. The molecule has 0 bridgehead atoms. The molecule has 0 fully saturated rings. The van der Waals surface area contributed by atoms with Crippen LogP contribution in [0.5, 0.6) is 5.75 Å². The summed E-state index contributed by atoms with van der Waals surface area (Å²) in [7, 11) is 0. The first kappa shape index (κ1) is 14.9. The lowest BCUT2D eigenvalue weighted by Crippen LogP contribution is -2.02. The minimum Gasteiger partial charge on any atom is -0.494 e. The van der Waals surface area contributed by atoms with Crippen LogP contribution in [0.1, 0.15) is 18.9 Å². The Bertz CT molecular complexity index is 537. The second-order valence-electron chi connectivity index (χ2n) is 4.44. The van der Waals surface area contributed by atoms with Crippen molar-refractivity contribution in [2.45, 2.75) is 19.9 Å². The lowest BCUT2D eigenvalue weighted by Gasteiger charge is -2.10. The number of anilines is 1.